The summed E-state index contributed by atoms with van der Waals surface area (Å²) in [5.74, 6) is 2.16. The van der Waals surface area contributed by atoms with E-state index in [1.165, 1.54) is 47.8 Å². The first-order chi connectivity index (χ1) is 17.0. The van der Waals surface area contributed by atoms with Crippen LogP contribution in [0, 0.1) is 17.8 Å². The molecule has 35 heavy (non-hydrogen) atoms. The second-order valence-corrected chi connectivity index (χ2v) is 10.9. The van der Waals surface area contributed by atoms with Crippen molar-refractivity contribution in [2.45, 2.75) is 63.2 Å². The SMILES string of the molecule is Nc1ncnc2c1ccn2[C@@H]1C[C@H](CCc2ccc3cc4c(nc3c2)C[C@@H](C2CC2)C4)[C@@H](O)[C@H]1O. The molecular formula is C28H31N5O2. The van der Waals surface area contributed by atoms with Crippen LogP contribution in [0.3, 0.4) is 0 Å². The van der Waals surface area contributed by atoms with Crippen LogP contribution >= 0.6 is 0 Å². The van der Waals surface area contributed by atoms with Gasteiger partial charge in [-0.05, 0) is 92.0 Å². The van der Waals surface area contributed by atoms with Gasteiger partial charge in [0.1, 0.15) is 23.9 Å². The van der Waals surface area contributed by atoms with E-state index in [-0.39, 0.29) is 12.0 Å². The van der Waals surface area contributed by atoms with Crippen molar-refractivity contribution in [3.05, 3.63) is 59.7 Å². The lowest BCUT2D eigenvalue weighted by molar-refractivity contribution is 0.00545. The predicted octanol–water partition coefficient (Wildman–Crippen LogP) is 3.60. The standard InChI is InChI=1S/C28H31N5O2/c29-27-21-7-8-33(28(21)31-14-30-27)24-13-18(25(34)26(24)35)4-2-15-1-3-17-10-20-11-19(16-5-6-16)12-23(20)32-22(17)9-15/h1,3,7-10,14,16,18-19,24-26,34-35H,2,4-6,11-13H2,(H2,29,30,31)/t18-,19-,24+,25+,26-/m0/s1. The topological polar surface area (TPSA) is 110 Å². The zero-order valence-corrected chi connectivity index (χ0v) is 19.7. The first kappa shape index (κ1) is 21.3. The third kappa shape index (κ3) is 3.60. The molecule has 0 unspecified atom stereocenters. The highest BCUT2D eigenvalue weighted by atomic mass is 16.3. The van der Waals surface area contributed by atoms with Crippen molar-refractivity contribution in [2.24, 2.45) is 17.8 Å². The minimum Gasteiger partial charge on any atom is -0.390 e. The van der Waals surface area contributed by atoms with Crippen LogP contribution in [0.4, 0.5) is 5.82 Å². The minimum absolute atomic E-state index is 0.00890. The third-order valence-electron chi connectivity index (χ3n) is 8.75. The van der Waals surface area contributed by atoms with Crippen molar-refractivity contribution in [2.75, 3.05) is 5.73 Å². The number of benzene rings is 1. The fraction of sp³-hybridized carbons (Fsp3) is 0.464. The Kier molecular flexibility index (Phi) is 4.86. The average Bonchev–Trinajstić information content (AvgIpc) is 3.39. The van der Waals surface area contributed by atoms with E-state index in [4.69, 9.17) is 10.7 Å². The largest absolute Gasteiger partial charge is 0.390 e. The smallest absolute Gasteiger partial charge is 0.145 e. The molecule has 180 valence electrons. The number of fused-ring (bicyclic) bond motifs is 3. The van der Waals surface area contributed by atoms with Gasteiger partial charge in [0.2, 0.25) is 0 Å². The summed E-state index contributed by atoms with van der Waals surface area (Å²) in [6.45, 7) is 0. The average molecular weight is 470 g/mol. The normalized spacial score (nSPS) is 28.2. The molecule has 2 fully saturated rings. The molecule has 0 spiro atoms. The lowest BCUT2D eigenvalue weighted by Crippen LogP contribution is -2.29. The molecule has 3 aromatic heterocycles. The number of hydrogen-bond donors (Lipinski definition) is 3. The van der Waals surface area contributed by atoms with Crippen LogP contribution in [0.15, 0.2) is 42.9 Å². The van der Waals surface area contributed by atoms with E-state index >= 15 is 0 Å². The van der Waals surface area contributed by atoms with Gasteiger partial charge in [-0.3, -0.25) is 4.98 Å². The monoisotopic (exact) mass is 469 g/mol. The maximum atomic E-state index is 10.9. The molecule has 2 saturated carbocycles. The third-order valence-corrected chi connectivity index (χ3v) is 8.75. The molecule has 0 amide bonds. The molecule has 1 aromatic carbocycles. The van der Waals surface area contributed by atoms with Gasteiger partial charge >= 0.3 is 0 Å². The number of aromatic nitrogens is 4. The van der Waals surface area contributed by atoms with Crippen LogP contribution in [0.5, 0.6) is 0 Å². The van der Waals surface area contributed by atoms with Gasteiger partial charge in [0.25, 0.3) is 0 Å². The summed E-state index contributed by atoms with van der Waals surface area (Å²) < 4.78 is 1.94. The van der Waals surface area contributed by atoms with E-state index in [9.17, 15) is 10.2 Å². The van der Waals surface area contributed by atoms with Gasteiger partial charge in [0, 0.05) is 17.3 Å². The molecule has 0 saturated heterocycles. The summed E-state index contributed by atoms with van der Waals surface area (Å²) in [6, 6.07) is 10.6. The number of aliphatic hydroxyl groups excluding tert-OH is 2. The van der Waals surface area contributed by atoms with Crippen molar-refractivity contribution in [1.82, 2.24) is 19.5 Å². The summed E-state index contributed by atoms with van der Waals surface area (Å²) in [4.78, 5) is 13.5. The molecule has 0 radical (unpaired) electrons. The summed E-state index contributed by atoms with van der Waals surface area (Å²) in [5.41, 5.74) is 11.7. The van der Waals surface area contributed by atoms with Crippen molar-refractivity contribution < 1.29 is 10.2 Å². The highest BCUT2D eigenvalue weighted by Crippen LogP contribution is 2.44. The molecule has 4 aromatic rings. The minimum atomic E-state index is -0.841. The molecule has 3 aliphatic carbocycles. The second kappa shape index (κ2) is 8.00. The summed E-state index contributed by atoms with van der Waals surface area (Å²) >= 11 is 0. The number of nitrogen functional groups attached to an aromatic ring is 1. The first-order valence-corrected chi connectivity index (χ1v) is 12.9. The molecule has 7 nitrogen and oxygen atoms in total. The molecule has 0 aliphatic heterocycles. The molecule has 0 bridgehead atoms. The quantitative estimate of drug-likeness (QED) is 0.412. The Labute approximate surface area is 204 Å². The van der Waals surface area contributed by atoms with Crippen LogP contribution in [0.1, 0.15) is 48.5 Å². The molecule has 7 rings (SSSR count). The van der Waals surface area contributed by atoms with Crippen LogP contribution in [-0.4, -0.2) is 41.9 Å². The Bertz CT molecular complexity index is 1430. The van der Waals surface area contributed by atoms with Crippen LogP contribution in [-0.2, 0) is 19.3 Å². The zero-order chi connectivity index (χ0) is 23.7. The highest BCUT2D eigenvalue weighted by Gasteiger charge is 2.42. The Morgan fingerprint density at radius 1 is 1.00 bits per heavy atom. The predicted molar refractivity (Wildman–Crippen MR) is 135 cm³/mol. The van der Waals surface area contributed by atoms with Crippen LogP contribution in [0.25, 0.3) is 21.9 Å². The number of anilines is 1. The second-order valence-electron chi connectivity index (χ2n) is 10.9. The number of nitrogens with zero attached hydrogens (tertiary/aromatic N) is 4. The van der Waals surface area contributed by atoms with Gasteiger partial charge < -0.3 is 20.5 Å². The Morgan fingerprint density at radius 2 is 1.89 bits per heavy atom. The van der Waals surface area contributed by atoms with Crippen LogP contribution in [0.2, 0.25) is 0 Å². The van der Waals surface area contributed by atoms with Gasteiger partial charge in [-0.15, -0.1) is 0 Å². The van der Waals surface area contributed by atoms with Gasteiger partial charge in [-0.25, -0.2) is 9.97 Å². The van der Waals surface area contributed by atoms with E-state index < -0.39 is 12.2 Å². The molecule has 3 aliphatic rings. The van der Waals surface area contributed by atoms with E-state index in [1.54, 1.807) is 0 Å². The Balaban J connectivity index is 1.07. The molecule has 5 atom stereocenters. The van der Waals surface area contributed by atoms with E-state index in [1.807, 2.05) is 16.8 Å². The van der Waals surface area contributed by atoms with Gasteiger partial charge in [-0.1, -0.05) is 12.1 Å². The van der Waals surface area contributed by atoms with Gasteiger partial charge in [0.15, 0.2) is 0 Å². The summed E-state index contributed by atoms with van der Waals surface area (Å²) in [6.07, 6.45) is 9.20. The maximum Gasteiger partial charge on any atom is 0.145 e. The summed E-state index contributed by atoms with van der Waals surface area (Å²) in [7, 11) is 0. The van der Waals surface area contributed by atoms with Crippen molar-refractivity contribution in [3.8, 4) is 0 Å². The fourth-order valence-electron chi connectivity index (χ4n) is 6.58. The Morgan fingerprint density at radius 3 is 2.74 bits per heavy atom. The number of rotatable bonds is 5. The summed E-state index contributed by atoms with van der Waals surface area (Å²) in [5, 5.41) is 23.7. The van der Waals surface area contributed by atoms with E-state index in [2.05, 4.69) is 34.2 Å². The molecular weight excluding hydrogens is 438 g/mol. The molecule has 7 heteroatoms. The zero-order valence-electron chi connectivity index (χ0n) is 19.7. The fourth-order valence-corrected chi connectivity index (χ4v) is 6.58. The van der Waals surface area contributed by atoms with Gasteiger partial charge in [-0.2, -0.15) is 0 Å². The van der Waals surface area contributed by atoms with E-state index in [0.29, 0.717) is 17.9 Å². The molecule has 4 N–H and O–H groups in total. The van der Waals surface area contributed by atoms with Crippen molar-refractivity contribution in [3.63, 3.8) is 0 Å². The number of aryl methyl sites for hydroxylation is 1. The van der Waals surface area contributed by atoms with Crippen molar-refractivity contribution in [1.29, 1.82) is 0 Å². The number of aliphatic hydroxyl groups is 2. The highest BCUT2D eigenvalue weighted by molar-refractivity contribution is 5.86. The van der Waals surface area contributed by atoms with Crippen molar-refractivity contribution >= 4 is 27.8 Å². The van der Waals surface area contributed by atoms with Gasteiger partial charge in [0.05, 0.1) is 23.0 Å². The van der Waals surface area contributed by atoms with E-state index in [0.717, 1.165) is 42.0 Å². The Hall–Kier alpha value is -3.03. The number of pyridine rings is 1. The molecule has 3 heterocycles. The number of hydrogen-bond acceptors (Lipinski definition) is 6. The first-order valence-electron chi connectivity index (χ1n) is 12.9. The lowest BCUT2D eigenvalue weighted by Gasteiger charge is -2.19. The maximum absolute atomic E-state index is 10.9. The van der Waals surface area contributed by atoms with Crippen LogP contribution < -0.4 is 5.73 Å². The lowest BCUT2D eigenvalue weighted by atomic mass is 9.95. The number of nitrogens with two attached hydrogens (primary N) is 1.